The summed E-state index contributed by atoms with van der Waals surface area (Å²) in [5.41, 5.74) is 0.573. The second kappa shape index (κ2) is 11.4. The Kier molecular flexibility index (Phi) is 9.19. The van der Waals surface area contributed by atoms with Crippen LogP contribution in [0.2, 0.25) is 0 Å². The monoisotopic (exact) mass is 475 g/mol. The van der Waals surface area contributed by atoms with Gasteiger partial charge in [0.2, 0.25) is 6.10 Å². The second-order valence-electron chi connectivity index (χ2n) is 9.48. The Morgan fingerprint density at radius 3 is 1.97 bits per heavy atom. The van der Waals surface area contributed by atoms with E-state index in [0.29, 0.717) is 5.56 Å². The predicted octanol–water partition coefficient (Wildman–Crippen LogP) is 4.84. The molecule has 0 aromatic heterocycles. The minimum Gasteiger partial charge on any atom is -0.458 e. The van der Waals surface area contributed by atoms with Crippen molar-refractivity contribution in [2.24, 2.45) is 0 Å². The van der Waals surface area contributed by atoms with Crippen molar-refractivity contribution in [1.82, 2.24) is 4.72 Å². The van der Waals surface area contributed by atoms with Crippen LogP contribution in [0, 0.1) is 0 Å². The zero-order valence-electron chi connectivity index (χ0n) is 20.0. The van der Waals surface area contributed by atoms with E-state index in [0.717, 1.165) is 5.56 Å². The van der Waals surface area contributed by atoms with Crippen molar-refractivity contribution in [1.29, 1.82) is 0 Å². The van der Waals surface area contributed by atoms with Gasteiger partial charge in [0, 0.05) is 0 Å². The van der Waals surface area contributed by atoms with E-state index in [-0.39, 0.29) is 6.61 Å². The molecular formula is C25H33NO6S. The molecular weight excluding hydrogens is 442 g/mol. The van der Waals surface area contributed by atoms with E-state index in [4.69, 9.17) is 14.2 Å². The first-order chi connectivity index (χ1) is 15.4. The molecule has 0 saturated heterocycles. The molecule has 180 valence electrons. The molecule has 2 rings (SSSR count). The normalized spacial score (nSPS) is 14.6. The van der Waals surface area contributed by atoms with Gasteiger partial charge in [0.25, 0.3) is 0 Å². The van der Waals surface area contributed by atoms with Gasteiger partial charge in [0.1, 0.15) is 12.2 Å². The van der Waals surface area contributed by atoms with E-state index >= 15 is 0 Å². The van der Waals surface area contributed by atoms with Gasteiger partial charge in [0.15, 0.2) is 0 Å². The number of rotatable bonds is 8. The highest BCUT2D eigenvalue weighted by Crippen LogP contribution is 2.25. The van der Waals surface area contributed by atoms with Crippen molar-refractivity contribution < 1.29 is 28.0 Å². The van der Waals surface area contributed by atoms with Crippen molar-refractivity contribution in [3.8, 4) is 0 Å². The first-order valence-corrected chi connectivity index (χ1v) is 11.8. The van der Waals surface area contributed by atoms with Crippen LogP contribution in [-0.4, -0.2) is 32.8 Å². The SMILES string of the molecule is CC(C)(C)OC(=O)OC(C(=O)OCc1ccccc1)C(NS(=O)C(C)(C)C)c1ccccc1. The van der Waals surface area contributed by atoms with Crippen molar-refractivity contribution in [3.63, 3.8) is 0 Å². The van der Waals surface area contributed by atoms with E-state index in [2.05, 4.69) is 4.72 Å². The summed E-state index contributed by atoms with van der Waals surface area (Å²) in [6.07, 6.45) is -2.45. The van der Waals surface area contributed by atoms with E-state index < -0.39 is 45.6 Å². The predicted molar refractivity (Wildman–Crippen MR) is 128 cm³/mol. The Bertz CT molecular complexity index is 935. The Labute approximate surface area is 198 Å². The fraction of sp³-hybridized carbons (Fsp3) is 0.440. The third-order valence-electron chi connectivity index (χ3n) is 4.32. The Morgan fingerprint density at radius 2 is 1.45 bits per heavy atom. The first kappa shape index (κ1) is 26.5. The van der Waals surface area contributed by atoms with Crippen molar-refractivity contribution in [2.75, 3.05) is 0 Å². The van der Waals surface area contributed by atoms with Crippen LogP contribution in [0.1, 0.15) is 58.7 Å². The van der Waals surface area contributed by atoms with Crippen LogP contribution in [0.15, 0.2) is 60.7 Å². The van der Waals surface area contributed by atoms with Crippen LogP contribution >= 0.6 is 0 Å². The third kappa shape index (κ3) is 8.98. The molecule has 0 heterocycles. The molecule has 0 amide bonds. The molecule has 33 heavy (non-hydrogen) atoms. The van der Waals surface area contributed by atoms with Crippen LogP contribution in [-0.2, 0) is 36.6 Å². The van der Waals surface area contributed by atoms with Crippen LogP contribution in [0.3, 0.4) is 0 Å². The number of hydrogen-bond donors (Lipinski definition) is 1. The highest BCUT2D eigenvalue weighted by atomic mass is 32.2. The van der Waals surface area contributed by atoms with Gasteiger partial charge in [-0.2, -0.15) is 0 Å². The summed E-state index contributed by atoms with van der Waals surface area (Å²) in [6.45, 7) is 10.5. The molecule has 3 unspecified atom stereocenters. The van der Waals surface area contributed by atoms with Gasteiger partial charge < -0.3 is 14.2 Å². The van der Waals surface area contributed by atoms with E-state index in [1.807, 2.05) is 36.4 Å². The van der Waals surface area contributed by atoms with Crippen LogP contribution in [0.25, 0.3) is 0 Å². The maximum atomic E-state index is 13.2. The van der Waals surface area contributed by atoms with Gasteiger partial charge in [0.05, 0.1) is 21.8 Å². The minimum atomic E-state index is -1.57. The van der Waals surface area contributed by atoms with Gasteiger partial charge in [-0.1, -0.05) is 60.7 Å². The molecule has 0 saturated carbocycles. The Hall–Kier alpha value is -2.71. The van der Waals surface area contributed by atoms with Crippen LogP contribution in [0.4, 0.5) is 4.79 Å². The van der Waals surface area contributed by atoms with Crippen LogP contribution < -0.4 is 4.72 Å². The number of nitrogens with one attached hydrogen (secondary N) is 1. The molecule has 0 aliphatic heterocycles. The number of esters is 1. The lowest BCUT2D eigenvalue weighted by atomic mass is 10.0. The summed E-state index contributed by atoms with van der Waals surface area (Å²) >= 11 is 0. The molecule has 0 spiro atoms. The number of hydrogen-bond acceptors (Lipinski definition) is 6. The summed E-state index contributed by atoms with van der Waals surface area (Å²) in [5.74, 6) is -0.781. The smallest absolute Gasteiger partial charge is 0.458 e. The highest BCUT2D eigenvalue weighted by molar-refractivity contribution is 7.84. The number of carbonyl (C=O) groups excluding carboxylic acids is 2. The highest BCUT2D eigenvalue weighted by Gasteiger charge is 2.38. The Morgan fingerprint density at radius 1 is 0.909 bits per heavy atom. The molecule has 0 radical (unpaired) electrons. The topological polar surface area (TPSA) is 90.9 Å². The molecule has 0 aliphatic rings. The number of ether oxygens (including phenoxy) is 3. The fourth-order valence-corrected chi connectivity index (χ4v) is 3.54. The van der Waals surface area contributed by atoms with Crippen molar-refractivity contribution in [3.05, 3.63) is 71.8 Å². The maximum Gasteiger partial charge on any atom is 0.509 e. The molecule has 0 fully saturated rings. The fourth-order valence-electron chi connectivity index (χ4n) is 2.70. The van der Waals surface area contributed by atoms with Gasteiger partial charge >= 0.3 is 12.1 Å². The van der Waals surface area contributed by atoms with Crippen LogP contribution in [0.5, 0.6) is 0 Å². The van der Waals surface area contributed by atoms with E-state index in [9.17, 15) is 13.8 Å². The molecule has 7 nitrogen and oxygen atoms in total. The summed E-state index contributed by atoms with van der Waals surface area (Å²) in [7, 11) is -1.57. The molecule has 2 aromatic carbocycles. The van der Waals surface area contributed by atoms with Gasteiger partial charge in [-0.15, -0.1) is 0 Å². The molecule has 8 heteroatoms. The molecule has 0 aliphatic carbocycles. The molecule has 0 bridgehead atoms. The molecule has 3 atom stereocenters. The molecule has 2 aromatic rings. The summed E-state index contributed by atoms with van der Waals surface area (Å²) in [6, 6.07) is 17.1. The van der Waals surface area contributed by atoms with Gasteiger partial charge in [-0.25, -0.2) is 18.5 Å². The zero-order valence-corrected chi connectivity index (χ0v) is 20.8. The first-order valence-electron chi connectivity index (χ1n) is 10.7. The lowest BCUT2D eigenvalue weighted by Crippen LogP contribution is -2.46. The van der Waals surface area contributed by atoms with Gasteiger partial charge in [-0.3, -0.25) is 0 Å². The molecule has 1 N–H and O–H groups in total. The lowest BCUT2D eigenvalue weighted by molar-refractivity contribution is -0.159. The summed E-state index contributed by atoms with van der Waals surface area (Å²) in [5, 5.41) is 0. The number of carbonyl (C=O) groups is 2. The largest absolute Gasteiger partial charge is 0.509 e. The lowest BCUT2D eigenvalue weighted by Gasteiger charge is -2.30. The van der Waals surface area contributed by atoms with E-state index in [1.165, 1.54) is 0 Å². The maximum absolute atomic E-state index is 13.2. The van der Waals surface area contributed by atoms with E-state index in [1.54, 1.807) is 65.8 Å². The Balaban J connectivity index is 2.37. The van der Waals surface area contributed by atoms with Crippen molar-refractivity contribution >= 4 is 23.1 Å². The third-order valence-corrected chi connectivity index (χ3v) is 5.90. The number of benzene rings is 2. The van der Waals surface area contributed by atoms with Crippen molar-refractivity contribution in [2.45, 2.75) is 70.6 Å². The minimum absolute atomic E-state index is 0.00226. The second-order valence-corrected chi connectivity index (χ2v) is 11.5. The average Bonchev–Trinajstić information content (AvgIpc) is 2.73. The standard InChI is InChI=1S/C25H33NO6S/c1-24(2,3)32-23(28)31-21(22(27)30-17-18-13-9-7-10-14-18)20(19-15-11-8-12-16-19)26-33(29)25(4,5)6/h7-16,20-21,26H,17H2,1-6H3. The average molecular weight is 476 g/mol. The van der Waals surface area contributed by atoms with Gasteiger partial charge in [-0.05, 0) is 52.7 Å². The quantitative estimate of drug-likeness (QED) is 0.549. The zero-order chi connectivity index (χ0) is 24.6. The summed E-state index contributed by atoms with van der Waals surface area (Å²) in [4.78, 5) is 25.7. The summed E-state index contributed by atoms with van der Waals surface area (Å²) < 4.78 is 31.5.